The van der Waals surface area contributed by atoms with Gasteiger partial charge in [0.2, 0.25) is 0 Å². The fourth-order valence-corrected chi connectivity index (χ4v) is 3.99. The Bertz CT molecular complexity index is 804. The standard InChI is InChI=1S/C16H18ClFN2O2Si/c1-8-13(19)12(17)15(16(21)22)20-14(8)9-5-6-11(10(18)7-9)23(2,3)4/h5-7H,1-4H3,(H2,19,20)(H,21,22). The number of rotatable bonds is 3. The second-order valence-electron chi connectivity index (χ2n) is 6.41. The van der Waals surface area contributed by atoms with Crippen LogP contribution in [0.25, 0.3) is 11.3 Å². The summed E-state index contributed by atoms with van der Waals surface area (Å²) in [6.07, 6.45) is 0. The van der Waals surface area contributed by atoms with Gasteiger partial charge in [-0.05, 0) is 23.7 Å². The van der Waals surface area contributed by atoms with Crippen molar-refractivity contribution in [1.29, 1.82) is 0 Å². The molecule has 2 rings (SSSR count). The first kappa shape index (κ1) is 17.4. The molecule has 0 fully saturated rings. The fourth-order valence-electron chi connectivity index (χ4n) is 2.36. The van der Waals surface area contributed by atoms with Crippen LogP contribution in [0.15, 0.2) is 18.2 Å². The van der Waals surface area contributed by atoms with Gasteiger partial charge in [0.15, 0.2) is 5.69 Å². The fraction of sp³-hybridized carbons (Fsp3) is 0.250. The molecule has 0 saturated heterocycles. The van der Waals surface area contributed by atoms with Gasteiger partial charge in [-0.3, -0.25) is 0 Å². The zero-order valence-corrected chi connectivity index (χ0v) is 15.1. The smallest absolute Gasteiger partial charge is 0.356 e. The number of nitrogen functional groups attached to an aromatic ring is 1. The lowest BCUT2D eigenvalue weighted by atomic mass is 10.0. The monoisotopic (exact) mass is 352 g/mol. The summed E-state index contributed by atoms with van der Waals surface area (Å²) < 4.78 is 14.4. The zero-order chi connectivity index (χ0) is 17.5. The van der Waals surface area contributed by atoms with Crippen molar-refractivity contribution in [2.75, 3.05) is 5.73 Å². The summed E-state index contributed by atoms with van der Waals surface area (Å²) in [7, 11) is -1.80. The normalized spacial score (nSPS) is 11.6. The van der Waals surface area contributed by atoms with Crippen molar-refractivity contribution in [3.8, 4) is 11.3 Å². The molecule has 0 saturated carbocycles. The Morgan fingerprint density at radius 1 is 1.35 bits per heavy atom. The summed E-state index contributed by atoms with van der Waals surface area (Å²) in [5, 5.41) is 9.80. The number of pyridine rings is 1. The Labute approximate surface area is 140 Å². The summed E-state index contributed by atoms with van der Waals surface area (Å²) in [5.41, 5.74) is 7.01. The van der Waals surface area contributed by atoms with E-state index in [2.05, 4.69) is 24.6 Å². The molecular weight excluding hydrogens is 335 g/mol. The Morgan fingerprint density at radius 2 is 1.96 bits per heavy atom. The number of aromatic nitrogens is 1. The number of aromatic carboxylic acids is 1. The number of nitrogens with zero attached hydrogens (tertiary/aromatic N) is 1. The van der Waals surface area contributed by atoms with Gasteiger partial charge in [-0.25, -0.2) is 14.2 Å². The van der Waals surface area contributed by atoms with Crippen molar-refractivity contribution in [3.63, 3.8) is 0 Å². The van der Waals surface area contributed by atoms with E-state index in [1.165, 1.54) is 6.07 Å². The van der Waals surface area contributed by atoms with Crippen molar-refractivity contribution in [2.24, 2.45) is 0 Å². The molecule has 122 valence electrons. The number of halogens is 2. The molecule has 0 aliphatic heterocycles. The lowest BCUT2D eigenvalue weighted by molar-refractivity contribution is 0.0691. The second kappa shape index (κ2) is 5.94. The summed E-state index contributed by atoms with van der Waals surface area (Å²) in [6, 6.07) is 4.86. The highest BCUT2D eigenvalue weighted by Crippen LogP contribution is 2.33. The van der Waals surface area contributed by atoms with Gasteiger partial charge in [0.25, 0.3) is 0 Å². The average Bonchev–Trinajstić information content (AvgIpc) is 2.43. The highest BCUT2D eigenvalue weighted by atomic mass is 35.5. The van der Waals surface area contributed by atoms with Crippen LogP contribution in [-0.2, 0) is 0 Å². The Balaban J connectivity index is 2.68. The SMILES string of the molecule is Cc1c(-c2ccc([Si](C)(C)C)c(F)c2)nc(C(=O)O)c(Cl)c1N. The molecule has 0 bridgehead atoms. The molecule has 23 heavy (non-hydrogen) atoms. The van der Waals surface area contributed by atoms with Crippen LogP contribution in [0.4, 0.5) is 10.1 Å². The first-order valence-electron chi connectivity index (χ1n) is 7.03. The van der Waals surface area contributed by atoms with Crippen LogP contribution in [-0.4, -0.2) is 24.1 Å². The van der Waals surface area contributed by atoms with Gasteiger partial charge < -0.3 is 10.8 Å². The van der Waals surface area contributed by atoms with Crippen molar-refractivity contribution >= 4 is 36.5 Å². The Morgan fingerprint density at radius 3 is 2.43 bits per heavy atom. The predicted octanol–water partition coefficient (Wildman–Crippen LogP) is 3.68. The second-order valence-corrected chi connectivity index (χ2v) is 11.8. The number of carboxylic acids is 1. The largest absolute Gasteiger partial charge is 0.476 e. The lowest BCUT2D eigenvalue weighted by Gasteiger charge is -2.18. The summed E-state index contributed by atoms with van der Waals surface area (Å²) in [5.74, 6) is -1.59. The van der Waals surface area contributed by atoms with Gasteiger partial charge in [-0.15, -0.1) is 0 Å². The van der Waals surface area contributed by atoms with Crippen molar-refractivity contribution in [1.82, 2.24) is 4.98 Å². The molecule has 7 heteroatoms. The maximum absolute atomic E-state index is 14.4. The van der Waals surface area contributed by atoms with E-state index in [4.69, 9.17) is 17.3 Å². The average molecular weight is 353 g/mol. The number of nitrogens with two attached hydrogens (primary N) is 1. The minimum atomic E-state index is -1.80. The van der Waals surface area contributed by atoms with Gasteiger partial charge in [0.05, 0.1) is 24.5 Å². The summed E-state index contributed by atoms with van der Waals surface area (Å²) in [6.45, 7) is 7.84. The van der Waals surface area contributed by atoms with Gasteiger partial charge in [0.1, 0.15) is 5.82 Å². The highest BCUT2D eigenvalue weighted by molar-refractivity contribution is 6.88. The van der Waals surface area contributed by atoms with Crippen LogP contribution in [0.1, 0.15) is 16.1 Å². The first-order chi connectivity index (χ1) is 10.5. The molecule has 0 radical (unpaired) electrons. The van der Waals surface area contributed by atoms with E-state index in [1.807, 2.05) is 0 Å². The molecule has 1 aromatic carbocycles. The summed E-state index contributed by atoms with van der Waals surface area (Å²) in [4.78, 5) is 15.3. The lowest BCUT2D eigenvalue weighted by Crippen LogP contribution is -2.39. The third-order valence-electron chi connectivity index (χ3n) is 3.68. The van der Waals surface area contributed by atoms with E-state index < -0.39 is 14.0 Å². The molecule has 1 heterocycles. The number of hydrogen-bond acceptors (Lipinski definition) is 3. The Hall–Kier alpha value is -1.92. The van der Waals surface area contributed by atoms with E-state index >= 15 is 0 Å². The molecule has 1 aromatic heterocycles. The van der Waals surface area contributed by atoms with E-state index in [0.717, 1.165) is 0 Å². The van der Waals surface area contributed by atoms with E-state index in [9.17, 15) is 14.3 Å². The third-order valence-corrected chi connectivity index (χ3v) is 6.08. The van der Waals surface area contributed by atoms with Crippen molar-refractivity contribution in [2.45, 2.75) is 26.6 Å². The molecule has 0 aliphatic carbocycles. The Kier molecular flexibility index (Phi) is 4.50. The van der Waals surface area contributed by atoms with Crippen LogP contribution in [0, 0.1) is 12.7 Å². The van der Waals surface area contributed by atoms with Crippen molar-refractivity contribution < 1.29 is 14.3 Å². The third kappa shape index (κ3) is 3.23. The van der Waals surface area contributed by atoms with Gasteiger partial charge in [-0.1, -0.05) is 43.4 Å². The van der Waals surface area contributed by atoms with Crippen LogP contribution in [0.2, 0.25) is 24.7 Å². The first-order valence-corrected chi connectivity index (χ1v) is 10.9. The quantitative estimate of drug-likeness (QED) is 0.826. The maximum Gasteiger partial charge on any atom is 0.356 e. The predicted molar refractivity (Wildman–Crippen MR) is 93.7 cm³/mol. The minimum absolute atomic E-state index is 0.0991. The van der Waals surface area contributed by atoms with Crippen LogP contribution < -0.4 is 10.9 Å². The van der Waals surface area contributed by atoms with E-state index in [-0.39, 0.29) is 22.2 Å². The van der Waals surface area contributed by atoms with Crippen molar-refractivity contribution in [3.05, 3.63) is 40.3 Å². The maximum atomic E-state index is 14.4. The molecule has 0 atom stereocenters. The number of carbonyl (C=O) groups is 1. The minimum Gasteiger partial charge on any atom is -0.476 e. The molecule has 0 amide bonds. The highest BCUT2D eigenvalue weighted by Gasteiger charge is 2.23. The number of carboxylic acid groups (broad SMARTS) is 1. The molecule has 0 aliphatic rings. The van der Waals surface area contributed by atoms with Crippen LogP contribution in [0.3, 0.4) is 0 Å². The van der Waals surface area contributed by atoms with Gasteiger partial charge in [0, 0.05) is 5.56 Å². The van der Waals surface area contributed by atoms with Crippen LogP contribution in [0.5, 0.6) is 0 Å². The number of hydrogen-bond donors (Lipinski definition) is 2. The molecule has 2 aromatic rings. The summed E-state index contributed by atoms with van der Waals surface area (Å²) >= 11 is 5.93. The zero-order valence-electron chi connectivity index (χ0n) is 13.4. The van der Waals surface area contributed by atoms with E-state index in [1.54, 1.807) is 19.1 Å². The van der Waals surface area contributed by atoms with Crippen LogP contribution >= 0.6 is 11.6 Å². The van der Waals surface area contributed by atoms with Gasteiger partial charge in [-0.2, -0.15) is 0 Å². The number of benzene rings is 1. The molecular formula is C16H18ClFN2O2Si. The number of anilines is 1. The molecule has 0 spiro atoms. The topological polar surface area (TPSA) is 76.2 Å². The van der Waals surface area contributed by atoms with E-state index in [0.29, 0.717) is 22.0 Å². The molecule has 4 nitrogen and oxygen atoms in total. The van der Waals surface area contributed by atoms with Gasteiger partial charge >= 0.3 is 5.97 Å². The molecule has 3 N–H and O–H groups in total. The molecule has 0 unspecified atom stereocenters.